The molecule has 2 heterocycles. The summed E-state index contributed by atoms with van der Waals surface area (Å²) in [7, 11) is 0. The van der Waals surface area contributed by atoms with Crippen molar-refractivity contribution in [1.29, 1.82) is 0 Å². The van der Waals surface area contributed by atoms with E-state index in [1.807, 2.05) is 0 Å². The van der Waals surface area contributed by atoms with Crippen molar-refractivity contribution < 1.29 is 49.7 Å². The molecule has 3 aromatic rings. The lowest BCUT2D eigenvalue weighted by molar-refractivity contribution is -0.274. The highest BCUT2D eigenvalue weighted by molar-refractivity contribution is 5.71. The Labute approximate surface area is 226 Å². The molecule has 16 heteroatoms. The van der Waals surface area contributed by atoms with Gasteiger partial charge < -0.3 is 24.8 Å². The highest BCUT2D eigenvalue weighted by Gasteiger charge is 2.33. The van der Waals surface area contributed by atoms with E-state index < -0.39 is 60.8 Å². The number of benzene rings is 2. The molecule has 0 saturated heterocycles. The number of fused-ring (bicyclic) bond motifs is 1. The second-order valence-electron chi connectivity index (χ2n) is 8.81. The molecule has 0 spiro atoms. The molecule has 2 aromatic carbocycles. The fourth-order valence-corrected chi connectivity index (χ4v) is 4.18. The van der Waals surface area contributed by atoms with Crippen LogP contribution in [0, 0.1) is 5.82 Å². The minimum atomic E-state index is -5.05. The SMILES string of the molecule is Nc1nc2c(c(=O)n1C(COCC(F)(F)F)c1ccccc1)CCN(C(=O)Oc1ccc(OC(F)(F)F)cc1F)C2. The van der Waals surface area contributed by atoms with Crippen LogP contribution in [0.4, 0.5) is 41.5 Å². The van der Waals surface area contributed by atoms with E-state index in [0.29, 0.717) is 11.6 Å². The number of nitrogens with zero attached hydrogens (tertiary/aromatic N) is 3. The number of anilines is 1. The summed E-state index contributed by atoms with van der Waals surface area (Å²) >= 11 is 0. The van der Waals surface area contributed by atoms with Crippen LogP contribution in [0.5, 0.6) is 11.5 Å². The molecular weight excluding hydrogens is 569 g/mol. The van der Waals surface area contributed by atoms with Gasteiger partial charge in [0, 0.05) is 18.2 Å². The van der Waals surface area contributed by atoms with Gasteiger partial charge in [0.1, 0.15) is 12.4 Å². The summed E-state index contributed by atoms with van der Waals surface area (Å²) in [5, 5.41) is 0. The number of aromatic nitrogens is 2. The highest BCUT2D eigenvalue weighted by Crippen LogP contribution is 2.29. The zero-order chi connectivity index (χ0) is 29.9. The highest BCUT2D eigenvalue weighted by atomic mass is 19.4. The maximum atomic E-state index is 14.2. The first kappa shape index (κ1) is 29.6. The van der Waals surface area contributed by atoms with Crippen LogP contribution >= 0.6 is 0 Å². The lowest BCUT2D eigenvalue weighted by atomic mass is 10.0. The molecule has 1 aliphatic rings. The molecule has 2 N–H and O–H groups in total. The van der Waals surface area contributed by atoms with Crippen LogP contribution in [0.15, 0.2) is 53.3 Å². The fraction of sp³-hybridized carbons (Fsp3) is 0.320. The van der Waals surface area contributed by atoms with Crippen LogP contribution in [0.2, 0.25) is 0 Å². The van der Waals surface area contributed by atoms with Gasteiger partial charge in [0.25, 0.3) is 5.56 Å². The van der Waals surface area contributed by atoms with Gasteiger partial charge in [-0.1, -0.05) is 30.3 Å². The van der Waals surface area contributed by atoms with E-state index >= 15 is 0 Å². The van der Waals surface area contributed by atoms with Gasteiger partial charge in [-0.3, -0.25) is 9.36 Å². The Balaban J connectivity index is 1.54. The maximum Gasteiger partial charge on any atom is 0.573 e. The summed E-state index contributed by atoms with van der Waals surface area (Å²) in [5.41, 5.74) is 6.10. The maximum absolute atomic E-state index is 14.2. The lowest BCUT2D eigenvalue weighted by Gasteiger charge is -2.29. The minimum Gasteiger partial charge on any atom is -0.407 e. The van der Waals surface area contributed by atoms with Gasteiger partial charge in [-0.2, -0.15) is 13.2 Å². The van der Waals surface area contributed by atoms with Crippen LogP contribution in [-0.4, -0.2) is 52.8 Å². The first-order valence-corrected chi connectivity index (χ1v) is 11.8. The van der Waals surface area contributed by atoms with E-state index in [1.165, 1.54) is 0 Å². The van der Waals surface area contributed by atoms with Crippen molar-refractivity contribution in [3.8, 4) is 11.5 Å². The predicted octanol–water partition coefficient (Wildman–Crippen LogP) is 4.59. The lowest BCUT2D eigenvalue weighted by Crippen LogP contribution is -2.43. The van der Waals surface area contributed by atoms with Crippen LogP contribution in [0.25, 0.3) is 0 Å². The molecule has 0 radical (unpaired) electrons. The molecule has 1 aliphatic heterocycles. The number of halogens is 7. The van der Waals surface area contributed by atoms with Crippen LogP contribution in [0.1, 0.15) is 22.9 Å². The van der Waals surface area contributed by atoms with Crippen molar-refractivity contribution in [3.05, 3.63) is 81.5 Å². The summed E-state index contributed by atoms with van der Waals surface area (Å²) in [4.78, 5) is 31.4. The number of carbonyl (C=O) groups excluding carboxylic acids is 1. The number of hydrogen-bond donors (Lipinski definition) is 1. The third-order valence-electron chi connectivity index (χ3n) is 5.92. The van der Waals surface area contributed by atoms with Gasteiger partial charge in [0.15, 0.2) is 11.6 Å². The van der Waals surface area contributed by atoms with Gasteiger partial charge in [0.05, 0.1) is 24.9 Å². The predicted molar refractivity (Wildman–Crippen MR) is 128 cm³/mol. The monoisotopic (exact) mass is 590 g/mol. The van der Waals surface area contributed by atoms with Crippen molar-refractivity contribution in [3.63, 3.8) is 0 Å². The number of nitrogen functional groups attached to an aromatic ring is 1. The van der Waals surface area contributed by atoms with E-state index in [9.17, 15) is 40.3 Å². The first-order chi connectivity index (χ1) is 19.2. The Bertz CT molecular complexity index is 1460. The minimum absolute atomic E-state index is 0.0533. The van der Waals surface area contributed by atoms with Gasteiger partial charge in [-0.05, 0) is 24.1 Å². The second kappa shape index (κ2) is 11.6. The second-order valence-corrected chi connectivity index (χ2v) is 8.81. The molecule has 0 aliphatic carbocycles. The third-order valence-corrected chi connectivity index (χ3v) is 5.92. The number of amides is 1. The standard InChI is InChI=1S/C25H21F7N4O5/c26-17-10-15(41-25(30,31)32)6-7-20(17)40-23(38)35-9-8-16-18(11-35)34-22(33)36(21(16)37)19(12-39-13-24(27,28)29)14-4-2-1-3-5-14/h1-7,10,19H,8-9,11-13H2,(H2,33,34). The largest absolute Gasteiger partial charge is 0.573 e. The van der Waals surface area contributed by atoms with Gasteiger partial charge >= 0.3 is 18.6 Å². The number of hydrogen-bond acceptors (Lipinski definition) is 7. The average Bonchev–Trinajstić information content (AvgIpc) is 2.88. The van der Waals surface area contributed by atoms with E-state index in [-0.39, 0.29) is 36.7 Å². The van der Waals surface area contributed by atoms with Crippen molar-refractivity contribution >= 4 is 12.0 Å². The van der Waals surface area contributed by atoms with Gasteiger partial charge in [0.2, 0.25) is 5.95 Å². The Morgan fingerprint density at radius 1 is 1.07 bits per heavy atom. The molecule has 1 aromatic heterocycles. The molecule has 0 saturated carbocycles. The molecule has 220 valence electrons. The van der Waals surface area contributed by atoms with Crippen LogP contribution in [-0.2, 0) is 17.7 Å². The third kappa shape index (κ3) is 7.45. The van der Waals surface area contributed by atoms with Crippen molar-refractivity contribution in [2.75, 3.05) is 25.5 Å². The normalized spacial score (nSPS) is 14.4. The Hall–Kier alpha value is -4.34. The number of carbonyl (C=O) groups is 1. The molecule has 1 unspecified atom stereocenters. The van der Waals surface area contributed by atoms with Crippen LogP contribution in [0.3, 0.4) is 0 Å². The molecule has 1 atom stereocenters. The zero-order valence-corrected chi connectivity index (χ0v) is 20.8. The van der Waals surface area contributed by atoms with E-state index in [2.05, 4.69) is 9.72 Å². The van der Waals surface area contributed by atoms with Crippen molar-refractivity contribution in [1.82, 2.24) is 14.5 Å². The summed E-state index contributed by atoms with van der Waals surface area (Å²) in [5.74, 6) is -3.15. The smallest absolute Gasteiger partial charge is 0.407 e. The van der Waals surface area contributed by atoms with Crippen LogP contribution < -0.4 is 20.8 Å². The summed E-state index contributed by atoms with van der Waals surface area (Å²) in [6.45, 7) is -2.46. The van der Waals surface area contributed by atoms with Gasteiger partial charge in [-0.25, -0.2) is 14.2 Å². The molecule has 4 rings (SSSR count). The van der Waals surface area contributed by atoms with E-state index in [1.54, 1.807) is 30.3 Å². The molecule has 41 heavy (non-hydrogen) atoms. The Morgan fingerprint density at radius 2 is 1.78 bits per heavy atom. The zero-order valence-electron chi connectivity index (χ0n) is 20.8. The molecule has 0 fully saturated rings. The number of rotatable bonds is 7. The Kier molecular flexibility index (Phi) is 8.42. The Morgan fingerprint density at radius 3 is 2.41 bits per heavy atom. The number of nitrogens with two attached hydrogens (primary N) is 1. The van der Waals surface area contributed by atoms with Crippen molar-refractivity contribution in [2.45, 2.75) is 31.5 Å². The topological polar surface area (TPSA) is 109 Å². The summed E-state index contributed by atoms with van der Waals surface area (Å²) in [6.07, 6.45) is -10.8. The van der Waals surface area contributed by atoms with Gasteiger partial charge in [-0.15, -0.1) is 13.2 Å². The average molecular weight is 590 g/mol. The van der Waals surface area contributed by atoms with E-state index in [0.717, 1.165) is 21.6 Å². The summed E-state index contributed by atoms with van der Waals surface area (Å²) < 4.78 is 104. The van der Waals surface area contributed by atoms with E-state index in [4.69, 9.17) is 15.2 Å². The quantitative estimate of drug-likeness (QED) is 0.401. The molecule has 0 bridgehead atoms. The molecule has 1 amide bonds. The fourth-order valence-electron chi connectivity index (χ4n) is 4.18. The molecular formula is C25H21F7N4O5. The summed E-state index contributed by atoms with van der Waals surface area (Å²) in [6, 6.07) is 9.01. The number of ether oxygens (including phenoxy) is 3. The number of alkyl halides is 6. The first-order valence-electron chi connectivity index (χ1n) is 11.8. The molecule has 9 nitrogen and oxygen atoms in total. The van der Waals surface area contributed by atoms with Crippen molar-refractivity contribution in [2.24, 2.45) is 0 Å².